The number of aliphatic hydroxyl groups excluding tert-OH is 1. The minimum absolute atomic E-state index is 0.0353. The van der Waals surface area contributed by atoms with Gasteiger partial charge in [0.2, 0.25) is 10.0 Å². The van der Waals surface area contributed by atoms with E-state index in [1.54, 1.807) is 6.92 Å². The second-order valence-corrected chi connectivity index (χ2v) is 10.3. The maximum atomic E-state index is 13.7. The largest absolute Gasteiger partial charge is 0.396 e. The van der Waals surface area contributed by atoms with Crippen LogP contribution in [0.2, 0.25) is 0 Å². The van der Waals surface area contributed by atoms with Crippen LogP contribution in [0, 0.1) is 24.1 Å². The fourth-order valence-electron chi connectivity index (χ4n) is 4.79. The molecule has 2 aromatic rings. The number of nitrogens with zero attached hydrogens (tertiary/aromatic N) is 2. The molecule has 2 fully saturated rings. The van der Waals surface area contributed by atoms with E-state index in [1.807, 2.05) is 18.2 Å². The minimum atomic E-state index is -3.77. The van der Waals surface area contributed by atoms with Crippen molar-refractivity contribution in [3.63, 3.8) is 0 Å². The minimum Gasteiger partial charge on any atom is -0.396 e. The molecule has 156 valence electrons. The lowest BCUT2D eigenvalue weighted by atomic mass is 9.74. The highest BCUT2D eigenvalue weighted by Gasteiger charge is 2.50. The number of aliphatic hydroxyl groups is 1. The number of sulfonamides is 1. The highest BCUT2D eigenvalue weighted by Crippen LogP contribution is 2.44. The Morgan fingerprint density at radius 1 is 1.17 bits per heavy atom. The Labute approximate surface area is 171 Å². The third-order valence-corrected chi connectivity index (χ3v) is 8.51. The van der Waals surface area contributed by atoms with E-state index in [0.29, 0.717) is 25.1 Å². The van der Waals surface area contributed by atoms with Gasteiger partial charge < -0.3 is 5.11 Å². The van der Waals surface area contributed by atoms with Crippen LogP contribution in [-0.2, 0) is 16.6 Å². The van der Waals surface area contributed by atoms with Gasteiger partial charge in [-0.2, -0.15) is 4.31 Å². The quantitative estimate of drug-likeness (QED) is 0.811. The van der Waals surface area contributed by atoms with Gasteiger partial charge in [-0.15, -0.1) is 0 Å². The molecule has 1 N–H and O–H groups in total. The Balaban J connectivity index is 1.54. The van der Waals surface area contributed by atoms with Crippen LogP contribution in [0.1, 0.15) is 17.5 Å². The first-order valence-electron chi connectivity index (χ1n) is 9.97. The topological polar surface area (TPSA) is 60.9 Å². The third-order valence-electron chi connectivity index (χ3n) is 6.50. The summed E-state index contributed by atoms with van der Waals surface area (Å²) in [6.45, 7) is 4.72. The molecule has 0 amide bonds. The van der Waals surface area contributed by atoms with Crippen LogP contribution in [0.25, 0.3) is 0 Å². The van der Waals surface area contributed by atoms with Gasteiger partial charge in [0.15, 0.2) is 0 Å². The summed E-state index contributed by atoms with van der Waals surface area (Å²) >= 11 is 0. The Morgan fingerprint density at radius 2 is 1.93 bits per heavy atom. The van der Waals surface area contributed by atoms with Crippen molar-refractivity contribution in [1.82, 2.24) is 9.21 Å². The van der Waals surface area contributed by atoms with E-state index in [1.165, 1.54) is 22.0 Å². The predicted octanol–water partition coefficient (Wildman–Crippen LogP) is 2.64. The molecular formula is C22H27FN2O3S. The molecule has 2 aliphatic heterocycles. The first-order chi connectivity index (χ1) is 13.8. The third kappa shape index (κ3) is 3.84. The fourth-order valence-corrected chi connectivity index (χ4v) is 6.52. The summed E-state index contributed by atoms with van der Waals surface area (Å²) in [7, 11) is -3.77. The first-order valence-corrected chi connectivity index (χ1v) is 11.4. The zero-order chi connectivity index (χ0) is 20.6. The van der Waals surface area contributed by atoms with Gasteiger partial charge in [-0.05, 0) is 42.5 Å². The maximum Gasteiger partial charge on any atom is 0.243 e. The highest BCUT2D eigenvalue weighted by molar-refractivity contribution is 7.89. The van der Waals surface area contributed by atoms with E-state index >= 15 is 0 Å². The molecular weight excluding hydrogens is 391 g/mol. The number of piperidine rings is 1. The molecule has 0 radical (unpaired) electrons. The Hall–Kier alpha value is -1.80. The van der Waals surface area contributed by atoms with Gasteiger partial charge in [0.25, 0.3) is 0 Å². The van der Waals surface area contributed by atoms with E-state index in [-0.39, 0.29) is 22.8 Å². The summed E-state index contributed by atoms with van der Waals surface area (Å²) in [5.41, 5.74) is 1.47. The zero-order valence-corrected chi connectivity index (χ0v) is 17.4. The van der Waals surface area contributed by atoms with E-state index < -0.39 is 15.8 Å². The van der Waals surface area contributed by atoms with Crippen LogP contribution in [-0.4, -0.2) is 55.5 Å². The van der Waals surface area contributed by atoms with Crippen molar-refractivity contribution in [2.24, 2.45) is 11.3 Å². The lowest BCUT2D eigenvalue weighted by molar-refractivity contribution is 0.0436. The molecule has 0 spiro atoms. The molecule has 2 aromatic carbocycles. The normalized spacial score (nSPS) is 25.8. The van der Waals surface area contributed by atoms with E-state index in [9.17, 15) is 17.9 Å². The summed E-state index contributed by atoms with van der Waals surface area (Å²) < 4.78 is 41.6. The lowest BCUT2D eigenvalue weighted by Gasteiger charge is -2.42. The van der Waals surface area contributed by atoms with Crippen LogP contribution >= 0.6 is 0 Å². The molecule has 7 heteroatoms. The van der Waals surface area contributed by atoms with Crippen molar-refractivity contribution in [3.8, 4) is 0 Å². The Morgan fingerprint density at radius 3 is 2.66 bits per heavy atom. The van der Waals surface area contributed by atoms with E-state index in [4.69, 9.17) is 0 Å². The number of benzene rings is 2. The van der Waals surface area contributed by atoms with Gasteiger partial charge in [0, 0.05) is 38.1 Å². The zero-order valence-electron chi connectivity index (χ0n) is 16.6. The average Bonchev–Trinajstić information content (AvgIpc) is 3.08. The smallest absolute Gasteiger partial charge is 0.243 e. The summed E-state index contributed by atoms with van der Waals surface area (Å²) in [5, 5.41) is 10.2. The molecule has 2 heterocycles. The number of hydrogen-bond donors (Lipinski definition) is 1. The van der Waals surface area contributed by atoms with Gasteiger partial charge in [0.1, 0.15) is 5.82 Å². The molecule has 0 unspecified atom stereocenters. The van der Waals surface area contributed by atoms with Gasteiger partial charge in [-0.1, -0.05) is 36.4 Å². The standard InChI is InChI=1S/C22H27FN2O3S/c1-17-7-8-20(23)11-21(17)29(27,28)25-10-9-22(16-26)15-24(13-19(22)14-25)12-18-5-3-2-4-6-18/h2-8,11,19,26H,9-10,12-16H2,1H3/t19-,22-/m0/s1. The van der Waals surface area contributed by atoms with Crippen LogP contribution < -0.4 is 0 Å². The maximum absolute atomic E-state index is 13.7. The molecule has 2 saturated heterocycles. The van der Waals surface area contributed by atoms with Gasteiger partial charge >= 0.3 is 0 Å². The summed E-state index contributed by atoms with van der Waals surface area (Å²) in [6, 6.07) is 14.1. The number of likely N-dealkylation sites (tertiary alicyclic amines) is 1. The van der Waals surface area contributed by atoms with Crippen LogP contribution in [0.3, 0.4) is 0 Å². The Kier molecular flexibility index (Phi) is 5.50. The fraction of sp³-hybridized carbons (Fsp3) is 0.455. The Bertz CT molecular complexity index is 983. The molecule has 2 aliphatic rings. The molecule has 29 heavy (non-hydrogen) atoms. The number of fused-ring (bicyclic) bond motifs is 1. The average molecular weight is 419 g/mol. The molecule has 5 nitrogen and oxygen atoms in total. The molecule has 0 saturated carbocycles. The number of aryl methyl sites for hydroxylation is 1. The number of halogens is 1. The van der Waals surface area contributed by atoms with Crippen molar-refractivity contribution in [2.45, 2.75) is 24.8 Å². The molecule has 2 atom stereocenters. The molecule has 0 aromatic heterocycles. The van der Waals surface area contributed by atoms with Crippen molar-refractivity contribution in [1.29, 1.82) is 0 Å². The van der Waals surface area contributed by atoms with Crippen LogP contribution in [0.5, 0.6) is 0 Å². The van der Waals surface area contributed by atoms with Crippen LogP contribution in [0.4, 0.5) is 4.39 Å². The first kappa shape index (κ1) is 20.5. The summed E-state index contributed by atoms with van der Waals surface area (Å²) in [6.07, 6.45) is 0.604. The van der Waals surface area contributed by atoms with Crippen molar-refractivity contribution in [2.75, 3.05) is 32.8 Å². The molecule has 0 bridgehead atoms. The van der Waals surface area contributed by atoms with Crippen LogP contribution in [0.15, 0.2) is 53.4 Å². The monoisotopic (exact) mass is 418 g/mol. The molecule has 4 rings (SSSR count). The predicted molar refractivity (Wildman–Crippen MR) is 109 cm³/mol. The summed E-state index contributed by atoms with van der Waals surface area (Å²) in [4.78, 5) is 2.34. The van der Waals surface area contributed by atoms with E-state index in [2.05, 4.69) is 17.0 Å². The van der Waals surface area contributed by atoms with Gasteiger partial charge in [-0.3, -0.25) is 4.90 Å². The SMILES string of the molecule is Cc1ccc(F)cc1S(=O)(=O)N1CC[C@@]2(CO)CN(Cc3ccccc3)C[C@H]2C1. The van der Waals surface area contributed by atoms with E-state index in [0.717, 1.165) is 25.7 Å². The second-order valence-electron chi connectivity index (χ2n) is 8.40. The lowest BCUT2D eigenvalue weighted by Crippen LogP contribution is -2.50. The second kappa shape index (κ2) is 7.80. The van der Waals surface area contributed by atoms with Gasteiger partial charge in [0.05, 0.1) is 11.5 Å². The van der Waals surface area contributed by atoms with Crippen molar-refractivity contribution in [3.05, 3.63) is 65.5 Å². The van der Waals surface area contributed by atoms with Crippen molar-refractivity contribution < 1.29 is 17.9 Å². The highest BCUT2D eigenvalue weighted by atomic mass is 32.2. The molecule has 0 aliphatic carbocycles. The van der Waals surface area contributed by atoms with Gasteiger partial charge in [-0.25, -0.2) is 12.8 Å². The number of hydrogen-bond acceptors (Lipinski definition) is 4. The number of rotatable bonds is 5. The summed E-state index contributed by atoms with van der Waals surface area (Å²) in [5.74, 6) is -0.501. The van der Waals surface area contributed by atoms with Crippen molar-refractivity contribution >= 4 is 10.0 Å².